The fourth-order valence-corrected chi connectivity index (χ4v) is 3.02. The monoisotopic (exact) mass is 289 g/mol. The van der Waals surface area contributed by atoms with Gasteiger partial charge in [0.15, 0.2) is 0 Å². The molecular formula is C17H27N3O. The Hall–Kier alpha value is -1.39. The van der Waals surface area contributed by atoms with E-state index in [1.807, 2.05) is 26.1 Å². The standard InChI is InChI=1S/C17H27N3O/c1-4-14-8-5-7-13(2)17(14)19-16(21)12-20-10-6-9-15(11-20)18-3/h5,7-8,15,18H,4,6,9-12H2,1-3H3,(H,19,21). The summed E-state index contributed by atoms with van der Waals surface area (Å²) in [6, 6.07) is 6.69. The second-order valence-electron chi connectivity index (χ2n) is 5.87. The number of carbonyl (C=O) groups excluding carboxylic acids is 1. The highest BCUT2D eigenvalue weighted by atomic mass is 16.2. The molecule has 116 valence electrons. The van der Waals surface area contributed by atoms with E-state index in [0.29, 0.717) is 12.6 Å². The molecular weight excluding hydrogens is 262 g/mol. The summed E-state index contributed by atoms with van der Waals surface area (Å²) in [6.07, 6.45) is 3.29. The number of amides is 1. The molecule has 0 aliphatic carbocycles. The number of benzene rings is 1. The van der Waals surface area contributed by atoms with E-state index in [-0.39, 0.29) is 5.91 Å². The molecule has 0 radical (unpaired) electrons. The van der Waals surface area contributed by atoms with Crippen LogP contribution in [0.3, 0.4) is 0 Å². The zero-order valence-corrected chi connectivity index (χ0v) is 13.4. The Balaban J connectivity index is 1.96. The lowest BCUT2D eigenvalue weighted by atomic mass is 10.1. The van der Waals surface area contributed by atoms with E-state index in [1.54, 1.807) is 0 Å². The van der Waals surface area contributed by atoms with Crippen molar-refractivity contribution in [1.82, 2.24) is 10.2 Å². The number of likely N-dealkylation sites (N-methyl/N-ethyl adjacent to an activating group) is 1. The number of rotatable bonds is 5. The van der Waals surface area contributed by atoms with Crippen molar-refractivity contribution in [2.45, 2.75) is 39.2 Å². The third kappa shape index (κ3) is 4.29. The van der Waals surface area contributed by atoms with Crippen LogP contribution in [0.1, 0.15) is 30.9 Å². The number of hydrogen-bond acceptors (Lipinski definition) is 3. The van der Waals surface area contributed by atoms with Crippen LogP contribution in [-0.2, 0) is 11.2 Å². The molecule has 4 nitrogen and oxygen atoms in total. The second-order valence-corrected chi connectivity index (χ2v) is 5.87. The molecule has 0 bridgehead atoms. The number of nitrogens with one attached hydrogen (secondary N) is 2. The van der Waals surface area contributed by atoms with Crippen molar-refractivity contribution in [2.24, 2.45) is 0 Å². The average molecular weight is 289 g/mol. The van der Waals surface area contributed by atoms with E-state index in [4.69, 9.17) is 0 Å². The lowest BCUT2D eigenvalue weighted by molar-refractivity contribution is -0.117. The molecule has 21 heavy (non-hydrogen) atoms. The predicted octanol–water partition coefficient (Wildman–Crippen LogP) is 2.18. The maximum atomic E-state index is 12.3. The summed E-state index contributed by atoms with van der Waals surface area (Å²) in [6.45, 7) is 6.62. The number of carbonyl (C=O) groups is 1. The third-order valence-electron chi connectivity index (χ3n) is 4.29. The van der Waals surface area contributed by atoms with E-state index in [0.717, 1.165) is 37.2 Å². The molecule has 0 aromatic heterocycles. The van der Waals surface area contributed by atoms with Gasteiger partial charge in [0.05, 0.1) is 6.54 Å². The number of aryl methyl sites for hydroxylation is 2. The normalized spacial score (nSPS) is 19.5. The number of para-hydroxylation sites is 1. The molecule has 1 aliphatic heterocycles. The first kappa shape index (κ1) is 16.0. The van der Waals surface area contributed by atoms with Gasteiger partial charge in [0.2, 0.25) is 5.91 Å². The summed E-state index contributed by atoms with van der Waals surface area (Å²) in [5.41, 5.74) is 3.33. The third-order valence-corrected chi connectivity index (χ3v) is 4.29. The maximum absolute atomic E-state index is 12.3. The van der Waals surface area contributed by atoms with Crippen LogP contribution in [0.4, 0.5) is 5.69 Å². The van der Waals surface area contributed by atoms with Crippen LogP contribution in [0.25, 0.3) is 0 Å². The smallest absolute Gasteiger partial charge is 0.238 e. The minimum absolute atomic E-state index is 0.0933. The Bertz CT molecular complexity index is 487. The van der Waals surface area contributed by atoms with Gasteiger partial charge in [-0.05, 0) is 50.9 Å². The van der Waals surface area contributed by atoms with Crippen LogP contribution in [0.2, 0.25) is 0 Å². The molecule has 1 atom stereocenters. The molecule has 2 rings (SSSR count). The van der Waals surface area contributed by atoms with Gasteiger partial charge in [-0.15, -0.1) is 0 Å². The molecule has 2 N–H and O–H groups in total. The van der Waals surface area contributed by atoms with Gasteiger partial charge in [0, 0.05) is 18.3 Å². The molecule has 1 saturated heterocycles. The van der Waals surface area contributed by atoms with Crippen LogP contribution >= 0.6 is 0 Å². The highest BCUT2D eigenvalue weighted by molar-refractivity contribution is 5.93. The Morgan fingerprint density at radius 1 is 1.43 bits per heavy atom. The predicted molar refractivity (Wildman–Crippen MR) is 87.7 cm³/mol. The Morgan fingerprint density at radius 2 is 2.24 bits per heavy atom. The van der Waals surface area contributed by atoms with Gasteiger partial charge in [-0.25, -0.2) is 0 Å². The van der Waals surface area contributed by atoms with Gasteiger partial charge in [-0.3, -0.25) is 9.69 Å². The molecule has 1 fully saturated rings. The van der Waals surface area contributed by atoms with Crippen LogP contribution in [0.5, 0.6) is 0 Å². The van der Waals surface area contributed by atoms with Gasteiger partial charge in [0.1, 0.15) is 0 Å². The van der Waals surface area contributed by atoms with Gasteiger partial charge in [-0.2, -0.15) is 0 Å². The largest absolute Gasteiger partial charge is 0.324 e. The quantitative estimate of drug-likeness (QED) is 0.873. The lowest BCUT2D eigenvalue weighted by Gasteiger charge is -2.32. The van der Waals surface area contributed by atoms with Crippen molar-refractivity contribution < 1.29 is 4.79 Å². The molecule has 0 saturated carbocycles. The Morgan fingerprint density at radius 3 is 2.95 bits per heavy atom. The van der Waals surface area contributed by atoms with Crippen molar-refractivity contribution in [3.05, 3.63) is 29.3 Å². The van der Waals surface area contributed by atoms with E-state index in [1.165, 1.54) is 12.0 Å². The first-order valence-electron chi connectivity index (χ1n) is 7.92. The molecule has 1 amide bonds. The number of piperidine rings is 1. The number of hydrogen-bond donors (Lipinski definition) is 2. The maximum Gasteiger partial charge on any atom is 0.238 e. The van der Waals surface area contributed by atoms with E-state index < -0.39 is 0 Å². The van der Waals surface area contributed by atoms with E-state index in [9.17, 15) is 4.79 Å². The molecule has 1 heterocycles. The molecule has 1 aromatic rings. The SMILES string of the molecule is CCc1cccc(C)c1NC(=O)CN1CCCC(NC)C1. The van der Waals surface area contributed by atoms with Gasteiger partial charge in [0.25, 0.3) is 0 Å². The molecule has 4 heteroatoms. The van der Waals surface area contributed by atoms with Crippen LogP contribution in [0, 0.1) is 6.92 Å². The lowest BCUT2D eigenvalue weighted by Crippen LogP contribution is -2.47. The van der Waals surface area contributed by atoms with Crippen molar-refractivity contribution in [3.8, 4) is 0 Å². The molecule has 1 aromatic carbocycles. The summed E-state index contributed by atoms with van der Waals surface area (Å²) < 4.78 is 0. The summed E-state index contributed by atoms with van der Waals surface area (Å²) in [5.74, 6) is 0.0933. The van der Waals surface area contributed by atoms with E-state index in [2.05, 4.69) is 28.5 Å². The summed E-state index contributed by atoms with van der Waals surface area (Å²) >= 11 is 0. The Labute approximate surface area is 127 Å². The zero-order valence-electron chi connectivity index (χ0n) is 13.4. The first-order chi connectivity index (χ1) is 10.1. The highest BCUT2D eigenvalue weighted by Gasteiger charge is 2.20. The zero-order chi connectivity index (χ0) is 15.2. The van der Waals surface area contributed by atoms with Gasteiger partial charge in [-0.1, -0.05) is 25.1 Å². The van der Waals surface area contributed by atoms with Crippen LogP contribution in [0.15, 0.2) is 18.2 Å². The van der Waals surface area contributed by atoms with Crippen molar-refractivity contribution in [2.75, 3.05) is 32.0 Å². The summed E-state index contributed by atoms with van der Waals surface area (Å²) in [4.78, 5) is 14.6. The van der Waals surface area contributed by atoms with Crippen molar-refractivity contribution in [3.63, 3.8) is 0 Å². The minimum atomic E-state index is 0.0933. The van der Waals surface area contributed by atoms with Crippen molar-refractivity contribution in [1.29, 1.82) is 0 Å². The molecule has 1 aliphatic rings. The van der Waals surface area contributed by atoms with Gasteiger partial charge < -0.3 is 10.6 Å². The highest BCUT2D eigenvalue weighted by Crippen LogP contribution is 2.21. The fourth-order valence-electron chi connectivity index (χ4n) is 3.02. The van der Waals surface area contributed by atoms with E-state index >= 15 is 0 Å². The number of likely N-dealkylation sites (tertiary alicyclic amines) is 1. The molecule has 1 unspecified atom stereocenters. The Kier molecular flexibility index (Phi) is 5.76. The average Bonchev–Trinajstić information content (AvgIpc) is 2.49. The van der Waals surface area contributed by atoms with Crippen molar-refractivity contribution >= 4 is 11.6 Å². The number of nitrogens with zero attached hydrogens (tertiary/aromatic N) is 1. The fraction of sp³-hybridized carbons (Fsp3) is 0.588. The minimum Gasteiger partial charge on any atom is -0.324 e. The molecule has 0 spiro atoms. The number of anilines is 1. The van der Waals surface area contributed by atoms with Crippen LogP contribution in [-0.4, -0.2) is 43.5 Å². The summed E-state index contributed by atoms with van der Waals surface area (Å²) in [5, 5.41) is 6.42. The van der Waals surface area contributed by atoms with Crippen LogP contribution < -0.4 is 10.6 Å². The second kappa shape index (κ2) is 7.57. The van der Waals surface area contributed by atoms with Gasteiger partial charge >= 0.3 is 0 Å². The summed E-state index contributed by atoms with van der Waals surface area (Å²) in [7, 11) is 2.00. The topological polar surface area (TPSA) is 44.4 Å². The first-order valence-corrected chi connectivity index (χ1v) is 7.92.